The van der Waals surface area contributed by atoms with Gasteiger partial charge in [0, 0.05) is 30.8 Å². The summed E-state index contributed by atoms with van der Waals surface area (Å²) >= 11 is 6.08. The molecule has 0 atom stereocenters. The van der Waals surface area contributed by atoms with Gasteiger partial charge in [-0.25, -0.2) is 9.37 Å². The summed E-state index contributed by atoms with van der Waals surface area (Å²) in [5.74, 6) is -0.943. The molecule has 0 aliphatic rings. The highest BCUT2D eigenvalue weighted by Gasteiger charge is 2.12. The lowest BCUT2D eigenvalue weighted by molar-refractivity contribution is -0.116. The molecule has 3 rings (SSSR count). The molecular formula is C19H18ClFN4O2. The van der Waals surface area contributed by atoms with Crippen molar-refractivity contribution in [1.29, 1.82) is 0 Å². The van der Waals surface area contributed by atoms with Crippen LogP contribution in [0.15, 0.2) is 42.5 Å². The van der Waals surface area contributed by atoms with E-state index in [1.54, 1.807) is 18.2 Å². The Morgan fingerprint density at radius 3 is 2.63 bits per heavy atom. The molecule has 6 nitrogen and oxygen atoms in total. The Morgan fingerprint density at radius 2 is 1.93 bits per heavy atom. The number of halogens is 2. The van der Waals surface area contributed by atoms with Crippen molar-refractivity contribution >= 4 is 40.1 Å². The molecule has 1 aromatic heterocycles. The van der Waals surface area contributed by atoms with Gasteiger partial charge < -0.3 is 15.2 Å². The largest absolute Gasteiger partial charge is 0.352 e. The molecule has 2 amide bonds. The van der Waals surface area contributed by atoms with Crippen LogP contribution in [0.1, 0.15) is 23.7 Å². The summed E-state index contributed by atoms with van der Waals surface area (Å²) in [7, 11) is 0. The Kier molecular flexibility index (Phi) is 5.71. The normalized spacial score (nSPS) is 10.8. The Bertz CT molecular complexity index is 985. The second-order valence-corrected chi connectivity index (χ2v) is 6.23. The molecule has 0 unspecified atom stereocenters. The van der Waals surface area contributed by atoms with Crippen molar-refractivity contribution in [2.24, 2.45) is 0 Å². The number of imidazole rings is 1. The van der Waals surface area contributed by atoms with Gasteiger partial charge in [0.15, 0.2) is 0 Å². The Labute approximate surface area is 160 Å². The van der Waals surface area contributed by atoms with Crippen molar-refractivity contribution in [1.82, 2.24) is 14.9 Å². The molecule has 3 aromatic rings. The number of hydrogen-bond donors (Lipinski definition) is 2. The van der Waals surface area contributed by atoms with Crippen LogP contribution in [-0.2, 0) is 11.3 Å². The van der Waals surface area contributed by atoms with Gasteiger partial charge in [-0.15, -0.1) is 0 Å². The van der Waals surface area contributed by atoms with E-state index in [-0.39, 0.29) is 30.6 Å². The predicted molar refractivity (Wildman–Crippen MR) is 102 cm³/mol. The summed E-state index contributed by atoms with van der Waals surface area (Å²) in [5.41, 5.74) is 2.45. The van der Waals surface area contributed by atoms with Crippen molar-refractivity contribution in [3.05, 3.63) is 59.1 Å². The van der Waals surface area contributed by atoms with Gasteiger partial charge in [-0.05, 0) is 61.0 Å². The molecular weight excluding hydrogens is 371 g/mol. The lowest BCUT2D eigenvalue weighted by Gasteiger charge is -2.07. The zero-order valence-corrected chi connectivity index (χ0v) is 15.4. The van der Waals surface area contributed by atoms with Crippen LogP contribution in [-0.4, -0.2) is 27.9 Å². The second-order valence-electron chi connectivity index (χ2n) is 5.89. The zero-order chi connectivity index (χ0) is 19.4. The fraction of sp³-hybridized carbons (Fsp3) is 0.211. The summed E-state index contributed by atoms with van der Waals surface area (Å²) in [5, 5.41) is 5.71. The van der Waals surface area contributed by atoms with Gasteiger partial charge in [0.05, 0.1) is 11.0 Å². The molecule has 0 spiro atoms. The molecule has 1 heterocycles. The first kappa shape index (κ1) is 18.8. The van der Waals surface area contributed by atoms with Crippen molar-refractivity contribution in [3.63, 3.8) is 0 Å². The fourth-order valence-electron chi connectivity index (χ4n) is 2.69. The third kappa shape index (κ3) is 4.43. The van der Waals surface area contributed by atoms with Gasteiger partial charge >= 0.3 is 0 Å². The molecule has 0 bridgehead atoms. The number of aryl methyl sites for hydroxylation is 1. The third-order valence-electron chi connectivity index (χ3n) is 4.05. The van der Waals surface area contributed by atoms with Crippen molar-refractivity contribution < 1.29 is 14.0 Å². The highest BCUT2D eigenvalue weighted by Crippen LogP contribution is 2.21. The lowest BCUT2D eigenvalue weighted by atomic mass is 10.2. The number of amides is 2. The van der Waals surface area contributed by atoms with Crippen molar-refractivity contribution in [2.45, 2.75) is 19.9 Å². The van der Waals surface area contributed by atoms with E-state index in [1.807, 2.05) is 11.5 Å². The summed E-state index contributed by atoms with van der Waals surface area (Å²) in [4.78, 5) is 28.4. The Balaban J connectivity index is 1.55. The van der Waals surface area contributed by atoms with E-state index in [1.165, 1.54) is 24.3 Å². The Hall–Kier alpha value is -2.93. The average molecular weight is 389 g/mol. The topological polar surface area (TPSA) is 76.0 Å². The highest BCUT2D eigenvalue weighted by atomic mass is 35.5. The number of hydrogen-bond acceptors (Lipinski definition) is 3. The number of nitrogens with one attached hydrogen (secondary N) is 2. The first-order chi connectivity index (χ1) is 13.0. The molecule has 140 valence electrons. The standard InChI is InChI=1S/C19H18ClFN4O2/c1-2-25-16-8-3-12(11-15(16)24-19(25)20)18(27)22-10-9-17(26)23-14-6-4-13(21)5-7-14/h3-8,11H,2,9-10H2,1H3,(H,22,27)(H,23,26). The molecule has 0 radical (unpaired) electrons. The van der Waals surface area contributed by atoms with E-state index in [4.69, 9.17) is 11.6 Å². The summed E-state index contributed by atoms with van der Waals surface area (Å²) in [6.07, 6.45) is 0.0989. The number of anilines is 1. The highest BCUT2D eigenvalue weighted by molar-refractivity contribution is 6.29. The number of carbonyl (C=O) groups excluding carboxylic acids is 2. The number of nitrogens with zero attached hydrogens (tertiary/aromatic N) is 2. The van der Waals surface area contributed by atoms with Crippen molar-refractivity contribution in [3.8, 4) is 0 Å². The first-order valence-electron chi connectivity index (χ1n) is 8.47. The fourth-order valence-corrected chi connectivity index (χ4v) is 2.99. The quantitative estimate of drug-likeness (QED) is 0.677. The maximum atomic E-state index is 12.8. The molecule has 2 N–H and O–H groups in total. The van der Waals surface area contributed by atoms with Crippen LogP contribution in [0.4, 0.5) is 10.1 Å². The third-order valence-corrected chi connectivity index (χ3v) is 4.33. The van der Waals surface area contributed by atoms with E-state index in [9.17, 15) is 14.0 Å². The van der Waals surface area contributed by atoms with Gasteiger partial charge in [-0.3, -0.25) is 9.59 Å². The van der Waals surface area contributed by atoms with E-state index in [2.05, 4.69) is 15.6 Å². The zero-order valence-electron chi connectivity index (χ0n) is 14.6. The van der Waals surface area contributed by atoms with Crippen LogP contribution in [0.2, 0.25) is 5.28 Å². The van der Waals surface area contributed by atoms with Gasteiger partial charge in [0.1, 0.15) is 5.82 Å². The lowest BCUT2D eigenvalue weighted by Crippen LogP contribution is -2.27. The van der Waals surface area contributed by atoms with E-state index < -0.39 is 0 Å². The van der Waals surface area contributed by atoms with Crippen LogP contribution in [0.5, 0.6) is 0 Å². The summed E-state index contributed by atoms with van der Waals surface area (Å²) in [6.45, 7) is 2.82. The Morgan fingerprint density at radius 1 is 1.19 bits per heavy atom. The summed E-state index contributed by atoms with van der Waals surface area (Å²) < 4.78 is 14.7. The molecule has 0 saturated heterocycles. The van der Waals surface area contributed by atoms with E-state index >= 15 is 0 Å². The van der Waals surface area contributed by atoms with Crippen LogP contribution < -0.4 is 10.6 Å². The molecule has 0 saturated carbocycles. The molecule has 0 fully saturated rings. The average Bonchev–Trinajstić information content (AvgIpc) is 2.97. The number of carbonyl (C=O) groups is 2. The predicted octanol–water partition coefficient (Wildman–Crippen LogP) is 3.61. The minimum Gasteiger partial charge on any atom is -0.352 e. The molecule has 2 aromatic carbocycles. The van der Waals surface area contributed by atoms with Gasteiger partial charge in [-0.1, -0.05) is 0 Å². The minimum absolute atomic E-state index is 0.0989. The van der Waals surface area contributed by atoms with E-state index in [0.29, 0.717) is 28.6 Å². The monoisotopic (exact) mass is 388 g/mol. The molecule has 27 heavy (non-hydrogen) atoms. The summed E-state index contributed by atoms with van der Waals surface area (Å²) in [6, 6.07) is 10.6. The van der Waals surface area contributed by atoms with Gasteiger partial charge in [-0.2, -0.15) is 0 Å². The minimum atomic E-state index is -0.373. The first-order valence-corrected chi connectivity index (χ1v) is 8.85. The van der Waals surface area contributed by atoms with Gasteiger partial charge in [0.2, 0.25) is 11.2 Å². The number of aromatic nitrogens is 2. The molecule has 0 aliphatic carbocycles. The van der Waals surface area contributed by atoms with Crippen LogP contribution in [0.3, 0.4) is 0 Å². The second kappa shape index (κ2) is 8.18. The molecule has 8 heteroatoms. The SMILES string of the molecule is CCn1c(Cl)nc2cc(C(=O)NCCC(=O)Nc3ccc(F)cc3)ccc21. The van der Waals surface area contributed by atoms with Gasteiger partial charge in [0.25, 0.3) is 5.91 Å². The van der Waals surface area contributed by atoms with Crippen LogP contribution >= 0.6 is 11.6 Å². The van der Waals surface area contributed by atoms with Crippen molar-refractivity contribution in [2.75, 3.05) is 11.9 Å². The van der Waals surface area contributed by atoms with E-state index in [0.717, 1.165) is 5.52 Å². The van der Waals surface area contributed by atoms with Crippen LogP contribution in [0, 0.1) is 5.82 Å². The maximum absolute atomic E-state index is 12.8. The number of rotatable bonds is 6. The van der Waals surface area contributed by atoms with Crippen LogP contribution in [0.25, 0.3) is 11.0 Å². The number of fused-ring (bicyclic) bond motifs is 1. The maximum Gasteiger partial charge on any atom is 0.251 e. The molecule has 0 aliphatic heterocycles. The number of benzene rings is 2. The smallest absolute Gasteiger partial charge is 0.251 e.